The van der Waals surface area contributed by atoms with Crippen molar-refractivity contribution in [1.29, 1.82) is 0 Å². The van der Waals surface area contributed by atoms with Crippen molar-refractivity contribution in [2.75, 3.05) is 27.4 Å². The first kappa shape index (κ1) is 18.7. The molecule has 1 aromatic carbocycles. The average molecular weight is 321 g/mol. The van der Waals surface area contributed by atoms with Gasteiger partial charge < -0.3 is 19.1 Å². The van der Waals surface area contributed by atoms with Crippen molar-refractivity contribution >= 4 is 11.9 Å². The Kier molecular flexibility index (Phi) is 7.83. The zero-order chi connectivity index (χ0) is 17.2. The molecule has 0 spiro atoms. The third kappa shape index (κ3) is 6.52. The van der Waals surface area contributed by atoms with Crippen molar-refractivity contribution in [1.82, 2.24) is 4.90 Å². The number of rotatable bonds is 9. The van der Waals surface area contributed by atoms with E-state index in [0.717, 1.165) is 11.3 Å². The summed E-state index contributed by atoms with van der Waals surface area (Å²) in [5, 5.41) is 0. The standard InChI is InChI=1S/C17H23NO5/c1-5-10-22-13(2)17(20)23-12-16(19)18(3)11-14-6-8-15(21-4)9-7-14/h5-9,13H,1,10-12H2,2-4H3. The molecule has 0 aliphatic heterocycles. The van der Waals surface area contributed by atoms with E-state index in [1.807, 2.05) is 24.3 Å². The summed E-state index contributed by atoms with van der Waals surface area (Å²) in [7, 11) is 3.25. The molecule has 1 aromatic rings. The third-order valence-corrected chi connectivity index (χ3v) is 3.14. The smallest absolute Gasteiger partial charge is 0.335 e. The van der Waals surface area contributed by atoms with Crippen LogP contribution in [0.2, 0.25) is 0 Å². The van der Waals surface area contributed by atoms with Crippen LogP contribution in [0, 0.1) is 0 Å². The largest absolute Gasteiger partial charge is 0.497 e. The second-order valence-electron chi connectivity index (χ2n) is 4.97. The minimum atomic E-state index is -0.729. The summed E-state index contributed by atoms with van der Waals surface area (Å²) in [6.45, 7) is 5.42. The van der Waals surface area contributed by atoms with Crippen LogP contribution in [-0.4, -0.2) is 50.3 Å². The highest BCUT2D eigenvalue weighted by Crippen LogP contribution is 2.12. The molecular formula is C17H23NO5. The van der Waals surface area contributed by atoms with E-state index in [0.29, 0.717) is 6.54 Å². The van der Waals surface area contributed by atoms with Gasteiger partial charge in [-0.15, -0.1) is 6.58 Å². The maximum atomic E-state index is 12.0. The summed E-state index contributed by atoms with van der Waals surface area (Å²) < 4.78 is 15.2. The van der Waals surface area contributed by atoms with Gasteiger partial charge >= 0.3 is 5.97 Å². The summed E-state index contributed by atoms with van der Waals surface area (Å²) in [6, 6.07) is 7.40. The molecular weight excluding hydrogens is 298 g/mol. The minimum Gasteiger partial charge on any atom is -0.497 e. The van der Waals surface area contributed by atoms with Crippen molar-refractivity contribution in [2.45, 2.75) is 19.6 Å². The van der Waals surface area contributed by atoms with E-state index in [9.17, 15) is 9.59 Å². The Balaban J connectivity index is 2.41. The third-order valence-electron chi connectivity index (χ3n) is 3.14. The van der Waals surface area contributed by atoms with Crippen LogP contribution in [0.5, 0.6) is 5.75 Å². The number of nitrogens with zero attached hydrogens (tertiary/aromatic N) is 1. The number of benzene rings is 1. The number of hydrogen-bond donors (Lipinski definition) is 0. The predicted molar refractivity (Wildman–Crippen MR) is 86.0 cm³/mol. The Labute approximate surface area is 136 Å². The molecule has 0 radical (unpaired) electrons. The van der Waals surface area contributed by atoms with Crippen LogP contribution in [0.25, 0.3) is 0 Å². The highest BCUT2D eigenvalue weighted by Gasteiger charge is 2.17. The molecule has 0 N–H and O–H groups in total. The van der Waals surface area contributed by atoms with Gasteiger partial charge in [0.1, 0.15) is 5.75 Å². The molecule has 0 aliphatic rings. The molecule has 1 unspecified atom stereocenters. The van der Waals surface area contributed by atoms with Crippen LogP contribution in [0.4, 0.5) is 0 Å². The SMILES string of the molecule is C=CCOC(C)C(=O)OCC(=O)N(C)Cc1ccc(OC)cc1. The van der Waals surface area contributed by atoms with E-state index in [1.165, 1.54) is 11.0 Å². The first-order valence-electron chi connectivity index (χ1n) is 7.24. The molecule has 0 saturated carbocycles. The first-order chi connectivity index (χ1) is 11.0. The van der Waals surface area contributed by atoms with Gasteiger partial charge in [0, 0.05) is 13.6 Å². The summed E-state index contributed by atoms with van der Waals surface area (Å²) >= 11 is 0. The number of carbonyl (C=O) groups is 2. The lowest BCUT2D eigenvalue weighted by Gasteiger charge is -2.18. The van der Waals surface area contributed by atoms with Crippen LogP contribution in [0.3, 0.4) is 0 Å². The zero-order valence-electron chi connectivity index (χ0n) is 13.8. The van der Waals surface area contributed by atoms with Gasteiger partial charge in [0.15, 0.2) is 12.7 Å². The lowest BCUT2D eigenvalue weighted by molar-refractivity contribution is -0.160. The number of hydrogen-bond acceptors (Lipinski definition) is 5. The molecule has 1 rings (SSSR count). The minimum absolute atomic E-state index is 0.252. The summed E-state index contributed by atoms with van der Waals surface area (Å²) in [5.41, 5.74) is 0.954. The molecule has 1 atom stereocenters. The number of amides is 1. The number of likely N-dealkylation sites (N-methyl/N-ethyl adjacent to an activating group) is 1. The fourth-order valence-corrected chi connectivity index (χ4v) is 1.73. The summed E-state index contributed by atoms with van der Waals surface area (Å²) in [5.74, 6) is -0.103. The topological polar surface area (TPSA) is 65.1 Å². The molecule has 0 aliphatic carbocycles. The Bertz CT molecular complexity index is 526. The predicted octanol–water partition coefficient (Wildman–Crippen LogP) is 1.79. The van der Waals surface area contributed by atoms with Crippen molar-refractivity contribution in [3.8, 4) is 5.75 Å². The van der Waals surface area contributed by atoms with Crippen LogP contribution < -0.4 is 4.74 Å². The molecule has 6 heteroatoms. The van der Waals surface area contributed by atoms with Gasteiger partial charge in [-0.1, -0.05) is 18.2 Å². The van der Waals surface area contributed by atoms with Gasteiger partial charge in [0.05, 0.1) is 13.7 Å². The van der Waals surface area contributed by atoms with E-state index in [4.69, 9.17) is 14.2 Å². The van der Waals surface area contributed by atoms with Gasteiger partial charge in [-0.3, -0.25) is 4.79 Å². The number of esters is 1. The van der Waals surface area contributed by atoms with Crippen molar-refractivity contribution in [3.63, 3.8) is 0 Å². The molecule has 0 fully saturated rings. The van der Waals surface area contributed by atoms with E-state index in [2.05, 4.69) is 6.58 Å². The molecule has 0 bridgehead atoms. The van der Waals surface area contributed by atoms with Crippen molar-refractivity contribution < 1.29 is 23.8 Å². The fraction of sp³-hybridized carbons (Fsp3) is 0.412. The van der Waals surface area contributed by atoms with E-state index in [1.54, 1.807) is 21.1 Å². The van der Waals surface area contributed by atoms with Gasteiger partial charge in [0.25, 0.3) is 5.91 Å². The maximum Gasteiger partial charge on any atom is 0.335 e. The monoisotopic (exact) mass is 321 g/mol. The Morgan fingerprint density at radius 3 is 2.52 bits per heavy atom. The molecule has 0 heterocycles. The highest BCUT2D eigenvalue weighted by atomic mass is 16.6. The second-order valence-corrected chi connectivity index (χ2v) is 4.97. The van der Waals surface area contributed by atoms with Crippen molar-refractivity contribution in [2.24, 2.45) is 0 Å². The Hall–Kier alpha value is -2.34. The summed E-state index contributed by atoms with van der Waals surface area (Å²) in [6.07, 6.45) is 0.810. The molecule has 1 amide bonds. The molecule has 0 saturated heterocycles. The number of methoxy groups -OCH3 is 1. The Morgan fingerprint density at radius 2 is 1.96 bits per heavy atom. The van der Waals surface area contributed by atoms with Gasteiger partial charge in [-0.2, -0.15) is 0 Å². The molecule has 126 valence electrons. The van der Waals surface area contributed by atoms with Gasteiger partial charge in [0.2, 0.25) is 0 Å². The lowest BCUT2D eigenvalue weighted by Crippen LogP contribution is -2.33. The quantitative estimate of drug-likeness (QED) is 0.512. The second kappa shape index (κ2) is 9.63. The van der Waals surface area contributed by atoms with E-state index >= 15 is 0 Å². The molecule has 0 aromatic heterocycles. The number of carbonyl (C=O) groups excluding carboxylic acids is 2. The Morgan fingerprint density at radius 1 is 1.30 bits per heavy atom. The average Bonchev–Trinajstić information content (AvgIpc) is 2.57. The van der Waals surface area contributed by atoms with Crippen LogP contribution in [0.15, 0.2) is 36.9 Å². The van der Waals surface area contributed by atoms with Crippen LogP contribution in [0.1, 0.15) is 12.5 Å². The highest BCUT2D eigenvalue weighted by molar-refractivity contribution is 5.81. The van der Waals surface area contributed by atoms with E-state index in [-0.39, 0.29) is 19.1 Å². The maximum absolute atomic E-state index is 12.0. The lowest BCUT2D eigenvalue weighted by atomic mass is 10.2. The molecule has 23 heavy (non-hydrogen) atoms. The van der Waals surface area contributed by atoms with Crippen LogP contribution in [-0.2, 0) is 25.6 Å². The molecule has 6 nitrogen and oxygen atoms in total. The van der Waals surface area contributed by atoms with Crippen molar-refractivity contribution in [3.05, 3.63) is 42.5 Å². The first-order valence-corrected chi connectivity index (χ1v) is 7.24. The number of ether oxygens (including phenoxy) is 3. The van der Waals surface area contributed by atoms with E-state index < -0.39 is 12.1 Å². The van der Waals surface area contributed by atoms with Gasteiger partial charge in [-0.05, 0) is 24.6 Å². The summed E-state index contributed by atoms with van der Waals surface area (Å²) in [4.78, 5) is 25.1. The van der Waals surface area contributed by atoms with Gasteiger partial charge in [-0.25, -0.2) is 4.79 Å². The normalized spacial score (nSPS) is 11.4. The zero-order valence-corrected chi connectivity index (χ0v) is 13.8. The fourth-order valence-electron chi connectivity index (χ4n) is 1.73. The van der Waals surface area contributed by atoms with Crippen LogP contribution >= 0.6 is 0 Å².